The van der Waals surface area contributed by atoms with Crippen LogP contribution < -0.4 is 10.6 Å². The van der Waals surface area contributed by atoms with E-state index in [1.807, 2.05) is 36.4 Å². The molecule has 0 amide bonds. The Labute approximate surface area is 230 Å². The Bertz CT molecular complexity index is 1670. The molecule has 3 heterocycles. The predicted molar refractivity (Wildman–Crippen MR) is 150 cm³/mol. The zero-order chi connectivity index (χ0) is 27.2. The van der Waals surface area contributed by atoms with Crippen LogP contribution >= 0.6 is 11.6 Å². The maximum atomic E-state index is 9.94. The summed E-state index contributed by atoms with van der Waals surface area (Å²) in [5.41, 5.74) is 4.97. The molecule has 0 aliphatic carbocycles. The number of hydrogen-bond donors (Lipinski definition) is 2. The van der Waals surface area contributed by atoms with Crippen molar-refractivity contribution in [1.82, 2.24) is 25.0 Å². The summed E-state index contributed by atoms with van der Waals surface area (Å²) in [5, 5.41) is 35.6. The van der Waals surface area contributed by atoms with Crippen molar-refractivity contribution in [3.05, 3.63) is 107 Å². The lowest BCUT2D eigenvalue weighted by Gasteiger charge is -2.22. The lowest BCUT2D eigenvalue weighted by Crippen LogP contribution is -2.14. The largest absolute Gasteiger partial charge is 0.377 e. The third-order valence-corrected chi connectivity index (χ3v) is 6.68. The molecule has 0 radical (unpaired) electrons. The first kappa shape index (κ1) is 25.7. The van der Waals surface area contributed by atoms with Gasteiger partial charge >= 0.3 is 0 Å². The summed E-state index contributed by atoms with van der Waals surface area (Å²) >= 11 is 6.74. The fourth-order valence-electron chi connectivity index (χ4n) is 4.50. The Hall–Kier alpha value is -4.99. The Morgan fingerprint density at radius 2 is 1.85 bits per heavy atom. The highest BCUT2D eigenvalue weighted by Crippen LogP contribution is 2.37. The summed E-state index contributed by atoms with van der Waals surface area (Å²) in [6.45, 7) is 2.18. The van der Waals surface area contributed by atoms with Crippen molar-refractivity contribution in [2.45, 2.75) is 32.0 Å². The van der Waals surface area contributed by atoms with Gasteiger partial charge in [0.2, 0.25) is 0 Å². The monoisotopic (exact) mass is 533 g/mol. The normalized spacial score (nSPS) is 12.3. The molecule has 0 aliphatic heterocycles. The lowest BCUT2D eigenvalue weighted by atomic mass is 10.0. The minimum atomic E-state index is -0.420. The number of nitrogens with one attached hydrogen (secondary N) is 2. The first-order valence-electron chi connectivity index (χ1n) is 12.4. The van der Waals surface area contributed by atoms with Crippen molar-refractivity contribution in [2.24, 2.45) is 0 Å². The molecule has 9 nitrogen and oxygen atoms in total. The number of pyridine rings is 2. The van der Waals surface area contributed by atoms with Crippen LogP contribution in [0.25, 0.3) is 10.9 Å². The van der Waals surface area contributed by atoms with Gasteiger partial charge in [0, 0.05) is 29.7 Å². The number of halogens is 1. The number of benzene rings is 2. The molecule has 0 aliphatic rings. The standard InChI is InChI=1S/C29H24ClN9/c1-2-25(19-7-4-3-5-8-19)36-27-21(15-32)17-34-29-23(27)13-22(14-24(29)30)35-28(20-9-6-11-33-16-20)26-18-39(12-10-31)38-37-26/h3-9,11,13-14,16-18,25,28,35H,2,12H2,1H3,(H,34,36)/t25-,28+/m1/s1. The van der Waals surface area contributed by atoms with E-state index in [1.165, 1.54) is 4.68 Å². The summed E-state index contributed by atoms with van der Waals surface area (Å²) in [4.78, 5) is 8.75. The maximum Gasteiger partial charge on any atom is 0.129 e. The molecule has 0 unspecified atom stereocenters. The second-order valence-corrected chi connectivity index (χ2v) is 9.30. The second-order valence-electron chi connectivity index (χ2n) is 8.89. The zero-order valence-electron chi connectivity index (χ0n) is 21.1. The van der Waals surface area contributed by atoms with Crippen LogP contribution in [0.15, 0.2) is 79.4 Å². The molecule has 5 aromatic rings. The minimum Gasteiger partial charge on any atom is -0.377 e. The van der Waals surface area contributed by atoms with Crippen LogP contribution in [-0.2, 0) is 6.54 Å². The Kier molecular flexibility index (Phi) is 7.63. The summed E-state index contributed by atoms with van der Waals surface area (Å²) in [7, 11) is 0. The Morgan fingerprint density at radius 3 is 2.56 bits per heavy atom. The number of anilines is 2. The van der Waals surface area contributed by atoms with Crippen LogP contribution in [0.2, 0.25) is 5.02 Å². The van der Waals surface area contributed by atoms with Crippen LogP contribution in [0.4, 0.5) is 11.4 Å². The van der Waals surface area contributed by atoms with Gasteiger partial charge in [0.25, 0.3) is 0 Å². The summed E-state index contributed by atoms with van der Waals surface area (Å²) in [6.07, 6.45) is 7.53. The first-order chi connectivity index (χ1) is 19.1. The van der Waals surface area contributed by atoms with Crippen LogP contribution in [0, 0.1) is 22.7 Å². The van der Waals surface area contributed by atoms with Crippen molar-refractivity contribution in [1.29, 1.82) is 10.5 Å². The highest BCUT2D eigenvalue weighted by atomic mass is 35.5. The van der Waals surface area contributed by atoms with Crippen molar-refractivity contribution in [3.8, 4) is 12.1 Å². The van der Waals surface area contributed by atoms with E-state index in [9.17, 15) is 5.26 Å². The van der Waals surface area contributed by atoms with Gasteiger partial charge in [0.15, 0.2) is 0 Å². The van der Waals surface area contributed by atoms with E-state index in [-0.39, 0.29) is 12.6 Å². The highest BCUT2D eigenvalue weighted by molar-refractivity contribution is 6.35. The van der Waals surface area contributed by atoms with E-state index < -0.39 is 6.04 Å². The third kappa shape index (κ3) is 5.49. The van der Waals surface area contributed by atoms with E-state index in [0.29, 0.717) is 33.2 Å². The molecule has 3 aromatic heterocycles. The van der Waals surface area contributed by atoms with Gasteiger partial charge in [0.1, 0.15) is 18.3 Å². The molecule has 0 saturated heterocycles. The van der Waals surface area contributed by atoms with Crippen molar-refractivity contribution < 1.29 is 0 Å². The van der Waals surface area contributed by atoms with Gasteiger partial charge in [-0.05, 0) is 35.7 Å². The Balaban J connectivity index is 1.59. The molecule has 0 fully saturated rings. The van der Waals surface area contributed by atoms with Gasteiger partial charge < -0.3 is 10.6 Å². The average Bonchev–Trinajstić information content (AvgIpc) is 3.44. The second kappa shape index (κ2) is 11.6. The number of aromatic nitrogens is 5. The third-order valence-electron chi connectivity index (χ3n) is 6.39. The van der Waals surface area contributed by atoms with Crippen LogP contribution in [0.5, 0.6) is 0 Å². The zero-order valence-corrected chi connectivity index (χ0v) is 21.8. The fourth-order valence-corrected chi connectivity index (χ4v) is 4.77. The Morgan fingerprint density at radius 1 is 1.03 bits per heavy atom. The van der Waals surface area contributed by atoms with Crippen LogP contribution in [-0.4, -0.2) is 25.0 Å². The SMILES string of the molecule is CC[C@@H](Nc1c(C#N)cnc2c(Cl)cc(N[C@@H](c3cccnc3)c3cn(CC#N)nn3)cc12)c1ccccc1. The van der Waals surface area contributed by atoms with Crippen molar-refractivity contribution >= 4 is 33.9 Å². The van der Waals surface area contributed by atoms with Crippen molar-refractivity contribution in [2.75, 3.05) is 10.6 Å². The summed E-state index contributed by atoms with van der Waals surface area (Å²) in [6, 6.07) is 21.5. The number of nitrogens with zero attached hydrogens (tertiary/aromatic N) is 7. The average molecular weight is 534 g/mol. The maximum absolute atomic E-state index is 9.94. The van der Waals surface area contributed by atoms with E-state index >= 15 is 0 Å². The fraction of sp³-hybridized carbons (Fsp3) is 0.172. The molecule has 0 spiro atoms. The lowest BCUT2D eigenvalue weighted by molar-refractivity contribution is 0.667. The van der Waals surface area contributed by atoms with Gasteiger partial charge in [-0.2, -0.15) is 10.5 Å². The minimum absolute atomic E-state index is 0.0161. The molecule has 192 valence electrons. The topological polar surface area (TPSA) is 128 Å². The van der Waals surface area contributed by atoms with Crippen LogP contribution in [0.3, 0.4) is 0 Å². The quantitative estimate of drug-likeness (QED) is 0.235. The molecule has 0 saturated carbocycles. The molecule has 2 aromatic carbocycles. The smallest absolute Gasteiger partial charge is 0.129 e. The van der Waals surface area contributed by atoms with Gasteiger partial charge in [-0.3, -0.25) is 9.97 Å². The molecule has 0 bridgehead atoms. The van der Waals surface area contributed by atoms with Crippen LogP contribution in [0.1, 0.15) is 47.8 Å². The van der Waals surface area contributed by atoms with E-state index in [0.717, 1.165) is 22.9 Å². The predicted octanol–water partition coefficient (Wildman–Crippen LogP) is 6.03. The van der Waals surface area contributed by atoms with Gasteiger partial charge in [0.05, 0.1) is 46.1 Å². The highest BCUT2D eigenvalue weighted by Gasteiger charge is 2.21. The molecule has 2 N–H and O–H groups in total. The number of hydrogen-bond acceptors (Lipinski definition) is 8. The molecule has 2 atom stereocenters. The number of rotatable bonds is 9. The first-order valence-corrected chi connectivity index (χ1v) is 12.8. The molecule has 10 heteroatoms. The molecular weight excluding hydrogens is 510 g/mol. The molecular formula is C29H24ClN9. The number of nitriles is 2. The van der Waals surface area contributed by atoms with Gasteiger partial charge in [-0.15, -0.1) is 5.10 Å². The van der Waals surface area contributed by atoms with Gasteiger partial charge in [-0.1, -0.05) is 60.1 Å². The number of fused-ring (bicyclic) bond motifs is 1. The van der Waals surface area contributed by atoms with Gasteiger partial charge in [-0.25, -0.2) is 4.68 Å². The van der Waals surface area contributed by atoms with E-state index in [4.69, 9.17) is 16.9 Å². The van der Waals surface area contributed by atoms with E-state index in [2.05, 4.69) is 62.1 Å². The molecule has 39 heavy (non-hydrogen) atoms. The summed E-state index contributed by atoms with van der Waals surface area (Å²) in [5.74, 6) is 0. The van der Waals surface area contributed by atoms with E-state index in [1.54, 1.807) is 30.9 Å². The molecule has 5 rings (SSSR count). The summed E-state index contributed by atoms with van der Waals surface area (Å²) < 4.78 is 1.48. The van der Waals surface area contributed by atoms with Crippen molar-refractivity contribution in [3.63, 3.8) is 0 Å².